The summed E-state index contributed by atoms with van der Waals surface area (Å²) in [7, 11) is 1.50. The van der Waals surface area contributed by atoms with E-state index < -0.39 is 11.9 Å². The predicted octanol–water partition coefficient (Wildman–Crippen LogP) is 0.295. The van der Waals surface area contributed by atoms with Gasteiger partial charge in [-0.15, -0.1) is 0 Å². The molecule has 0 heterocycles. The standard InChI is InChI=1S/C9H14O5/c1-3-13-8(10)4-5-9(11)14-7-6-12-2/h4-5H,3,6-7H2,1-2H3/b5-4+. The molecule has 0 bridgehead atoms. The van der Waals surface area contributed by atoms with Gasteiger partial charge < -0.3 is 14.2 Å². The lowest BCUT2D eigenvalue weighted by atomic mass is 10.5. The summed E-state index contributed by atoms with van der Waals surface area (Å²) in [6, 6.07) is 0. The summed E-state index contributed by atoms with van der Waals surface area (Å²) in [6.45, 7) is 2.46. The summed E-state index contributed by atoms with van der Waals surface area (Å²) in [5.41, 5.74) is 0. The Morgan fingerprint density at radius 3 is 2.14 bits per heavy atom. The number of carbonyl (C=O) groups excluding carboxylic acids is 2. The van der Waals surface area contributed by atoms with Gasteiger partial charge in [0.05, 0.1) is 13.2 Å². The maximum atomic E-state index is 10.9. The van der Waals surface area contributed by atoms with Crippen molar-refractivity contribution in [1.82, 2.24) is 0 Å². The van der Waals surface area contributed by atoms with E-state index in [9.17, 15) is 9.59 Å². The van der Waals surface area contributed by atoms with Gasteiger partial charge in [-0.2, -0.15) is 0 Å². The van der Waals surface area contributed by atoms with Crippen LogP contribution in [0.5, 0.6) is 0 Å². The highest BCUT2D eigenvalue weighted by molar-refractivity contribution is 5.91. The zero-order valence-corrected chi connectivity index (χ0v) is 8.32. The first-order valence-corrected chi connectivity index (χ1v) is 4.21. The molecule has 0 aliphatic rings. The number of hydrogen-bond donors (Lipinski definition) is 0. The lowest BCUT2D eigenvalue weighted by molar-refractivity contribution is -0.141. The molecule has 0 aromatic carbocycles. The molecular weight excluding hydrogens is 188 g/mol. The molecule has 0 rings (SSSR count). The lowest BCUT2D eigenvalue weighted by Crippen LogP contribution is -2.08. The van der Waals surface area contributed by atoms with Crippen LogP contribution in [0.3, 0.4) is 0 Å². The number of esters is 2. The molecule has 0 aromatic heterocycles. The van der Waals surface area contributed by atoms with Crippen molar-refractivity contribution >= 4 is 11.9 Å². The Bertz CT molecular complexity index is 209. The molecular formula is C9H14O5. The van der Waals surface area contributed by atoms with Crippen molar-refractivity contribution in [3.8, 4) is 0 Å². The normalized spacial score (nSPS) is 10.1. The minimum atomic E-state index is -0.588. The Labute approximate surface area is 82.6 Å². The van der Waals surface area contributed by atoms with E-state index >= 15 is 0 Å². The fourth-order valence-corrected chi connectivity index (χ4v) is 0.600. The summed E-state index contributed by atoms with van der Waals surface area (Å²) >= 11 is 0. The third-order valence-electron chi connectivity index (χ3n) is 1.17. The third kappa shape index (κ3) is 7.30. The molecule has 0 N–H and O–H groups in total. The SMILES string of the molecule is CCOC(=O)/C=C/C(=O)OCCOC. The Kier molecular flexibility index (Phi) is 7.45. The third-order valence-corrected chi connectivity index (χ3v) is 1.17. The van der Waals surface area contributed by atoms with Gasteiger partial charge in [0.15, 0.2) is 0 Å². The maximum Gasteiger partial charge on any atom is 0.331 e. The highest BCUT2D eigenvalue weighted by Crippen LogP contribution is 1.85. The van der Waals surface area contributed by atoms with Gasteiger partial charge in [0.2, 0.25) is 0 Å². The first kappa shape index (κ1) is 12.6. The van der Waals surface area contributed by atoms with E-state index in [1.165, 1.54) is 7.11 Å². The largest absolute Gasteiger partial charge is 0.463 e. The van der Waals surface area contributed by atoms with Gasteiger partial charge in [-0.05, 0) is 6.92 Å². The van der Waals surface area contributed by atoms with Crippen LogP contribution in [0.15, 0.2) is 12.2 Å². The van der Waals surface area contributed by atoms with Gasteiger partial charge in [-0.1, -0.05) is 0 Å². The summed E-state index contributed by atoms with van der Waals surface area (Å²) in [6.07, 6.45) is 2.05. The van der Waals surface area contributed by atoms with Crippen molar-refractivity contribution in [3.05, 3.63) is 12.2 Å². The summed E-state index contributed by atoms with van der Waals surface area (Å²) in [5, 5.41) is 0. The predicted molar refractivity (Wildman–Crippen MR) is 48.6 cm³/mol. The molecule has 0 spiro atoms. The van der Waals surface area contributed by atoms with Gasteiger partial charge in [0.25, 0.3) is 0 Å². The highest BCUT2D eigenvalue weighted by atomic mass is 16.6. The molecule has 0 aromatic rings. The van der Waals surface area contributed by atoms with Crippen molar-refractivity contribution in [1.29, 1.82) is 0 Å². The van der Waals surface area contributed by atoms with Crippen LogP contribution in [0.1, 0.15) is 6.92 Å². The van der Waals surface area contributed by atoms with E-state index in [4.69, 9.17) is 0 Å². The summed E-state index contributed by atoms with van der Waals surface area (Å²) < 4.78 is 13.9. The zero-order valence-electron chi connectivity index (χ0n) is 8.32. The Morgan fingerprint density at radius 1 is 1.07 bits per heavy atom. The molecule has 5 heteroatoms. The van der Waals surface area contributed by atoms with Gasteiger partial charge in [0, 0.05) is 19.3 Å². The quantitative estimate of drug-likeness (QED) is 0.352. The Morgan fingerprint density at radius 2 is 1.64 bits per heavy atom. The molecule has 14 heavy (non-hydrogen) atoms. The zero-order chi connectivity index (χ0) is 10.8. The molecule has 5 nitrogen and oxygen atoms in total. The monoisotopic (exact) mass is 202 g/mol. The van der Waals surface area contributed by atoms with Gasteiger partial charge in [-0.25, -0.2) is 9.59 Å². The van der Waals surface area contributed by atoms with Crippen LogP contribution >= 0.6 is 0 Å². The molecule has 0 saturated heterocycles. The van der Waals surface area contributed by atoms with Crippen LogP contribution in [0.4, 0.5) is 0 Å². The van der Waals surface area contributed by atoms with Crippen LogP contribution in [0.25, 0.3) is 0 Å². The van der Waals surface area contributed by atoms with Crippen LogP contribution in [-0.2, 0) is 23.8 Å². The Balaban J connectivity index is 3.64. The lowest BCUT2D eigenvalue weighted by Gasteiger charge is -1.99. The number of carbonyl (C=O) groups is 2. The van der Waals surface area contributed by atoms with E-state index in [2.05, 4.69) is 14.2 Å². The van der Waals surface area contributed by atoms with E-state index in [0.717, 1.165) is 12.2 Å². The minimum Gasteiger partial charge on any atom is -0.463 e. The van der Waals surface area contributed by atoms with Crippen LogP contribution in [-0.4, -0.2) is 38.9 Å². The molecule has 0 atom stereocenters. The second-order valence-electron chi connectivity index (χ2n) is 2.25. The van der Waals surface area contributed by atoms with E-state index in [1.807, 2.05) is 0 Å². The van der Waals surface area contributed by atoms with E-state index in [-0.39, 0.29) is 13.2 Å². The number of methoxy groups -OCH3 is 1. The summed E-state index contributed by atoms with van der Waals surface area (Å²) in [4.78, 5) is 21.6. The second kappa shape index (κ2) is 8.25. The number of hydrogen-bond acceptors (Lipinski definition) is 5. The van der Waals surface area contributed by atoms with Crippen molar-refractivity contribution in [2.45, 2.75) is 6.92 Å². The van der Waals surface area contributed by atoms with Crippen molar-refractivity contribution in [2.24, 2.45) is 0 Å². The van der Waals surface area contributed by atoms with Gasteiger partial charge >= 0.3 is 11.9 Å². The molecule has 0 aliphatic heterocycles. The Hall–Kier alpha value is -1.36. The molecule has 0 unspecified atom stereocenters. The molecule has 0 aliphatic carbocycles. The minimum absolute atomic E-state index is 0.169. The number of ether oxygens (including phenoxy) is 3. The molecule has 0 radical (unpaired) electrons. The molecule has 0 fully saturated rings. The van der Waals surface area contributed by atoms with Crippen LogP contribution < -0.4 is 0 Å². The topological polar surface area (TPSA) is 61.8 Å². The number of rotatable bonds is 6. The molecule has 0 amide bonds. The van der Waals surface area contributed by atoms with Crippen molar-refractivity contribution in [3.63, 3.8) is 0 Å². The fraction of sp³-hybridized carbons (Fsp3) is 0.556. The van der Waals surface area contributed by atoms with E-state index in [0.29, 0.717) is 6.61 Å². The fourth-order valence-electron chi connectivity index (χ4n) is 0.600. The summed E-state index contributed by atoms with van der Waals surface area (Å²) in [5.74, 6) is -1.15. The van der Waals surface area contributed by atoms with Crippen LogP contribution in [0.2, 0.25) is 0 Å². The van der Waals surface area contributed by atoms with Crippen molar-refractivity contribution < 1.29 is 23.8 Å². The van der Waals surface area contributed by atoms with Gasteiger partial charge in [-0.3, -0.25) is 0 Å². The maximum absolute atomic E-state index is 10.9. The average Bonchev–Trinajstić information content (AvgIpc) is 2.16. The first-order valence-electron chi connectivity index (χ1n) is 4.21. The van der Waals surface area contributed by atoms with Crippen LogP contribution in [0, 0.1) is 0 Å². The van der Waals surface area contributed by atoms with E-state index in [1.54, 1.807) is 6.92 Å². The first-order chi connectivity index (χ1) is 6.70. The highest BCUT2D eigenvalue weighted by Gasteiger charge is 1.99. The van der Waals surface area contributed by atoms with Crippen molar-refractivity contribution in [2.75, 3.05) is 26.9 Å². The second-order valence-corrected chi connectivity index (χ2v) is 2.25. The smallest absolute Gasteiger partial charge is 0.331 e. The molecule has 80 valence electrons. The molecule has 0 saturated carbocycles. The average molecular weight is 202 g/mol. The van der Waals surface area contributed by atoms with Gasteiger partial charge in [0.1, 0.15) is 6.61 Å².